The molecule has 0 radical (unpaired) electrons. The fourth-order valence-corrected chi connectivity index (χ4v) is 3.61. The maximum atomic E-state index is 11.0. The van der Waals surface area contributed by atoms with Crippen LogP contribution in [-0.4, -0.2) is 28.0 Å². The zero-order chi connectivity index (χ0) is 19.5. The minimum Gasteiger partial charge on any atom is -0.469 e. The van der Waals surface area contributed by atoms with Crippen molar-refractivity contribution in [3.63, 3.8) is 0 Å². The molecule has 0 aliphatic heterocycles. The number of hydrogen-bond donors (Lipinski definition) is 0. The van der Waals surface area contributed by atoms with E-state index in [9.17, 15) is 4.79 Å². The monoisotopic (exact) mass is 384 g/mol. The molecule has 0 spiro atoms. The van der Waals surface area contributed by atoms with Gasteiger partial charge in [-0.2, -0.15) is 0 Å². The molecule has 0 aromatic rings. The van der Waals surface area contributed by atoms with E-state index in [1.165, 1.54) is 77.7 Å². The molecule has 0 atom stereocenters. The zero-order valence-electron chi connectivity index (χ0n) is 18.0. The number of unbranched alkanes of at least 4 members (excludes halogenated alkanes) is 11. The summed E-state index contributed by atoms with van der Waals surface area (Å²) in [7, 11) is 0.162. The summed E-state index contributed by atoms with van der Waals surface area (Å²) in [5.41, 5.74) is 0. The number of carbonyl (C=O) groups excluding carboxylic acids is 1. The Kier molecular flexibility index (Phi) is 17.4. The summed E-state index contributed by atoms with van der Waals surface area (Å²) in [5, 5.41) is 0. The van der Waals surface area contributed by atoms with E-state index < -0.39 is 8.32 Å². The molecular weight excluding hydrogens is 340 g/mol. The van der Waals surface area contributed by atoms with E-state index in [1.54, 1.807) is 0 Å². The number of methoxy groups -OCH3 is 1. The van der Waals surface area contributed by atoms with Gasteiger partial charge in [-0.1, -0.05) is 57.1 Å². The van der Waals surface area contributed by atoms with E-state index in [1.807, 2.05) is 0 Å². The fourth-order valence-electron chi connectivity index (χ4n) is 2.85. The molecule has 0 saturated carbocycles. The Morgan fingerprint density at radius 1 is 0.731 bits per heavy atom. The van der Waals surface area contributed by atoms with Crippen molar-refractivity contribution in [2.24, 2.45) is 0 Å². The second kappa shape index (κ2) is 17.8. The highest BCUT2D eigenvalue weighted by atomic mass is 28.4. The highest BCUT2D eigenvalue weighted by Crippen LogP contribution is 2.11. The van der Waals surface area contributed by atoms with Crippen molar-refractivity contribution in [2.45, 2.75) is 110 Å². The second-order valence-electron chi connectivity index (χ2n) is 8.22. The number of carbonyl (C=O) groups is 1. The fraction of sp³-hybridized carbons (Fsp3) is 0.864. The van der Waals surface area contributed by atoms with Crippen LogP contribution in [0.3, 0.4) is 0 Å². The Bertz CT molecular complexity index is 348. The summed E-state index contributed by atoms with van der Waals surface area (Å²) in [6.45, 7) is 7.74. The van der Waals surface area contributed by atoms with Crippen molar-refractivity contribution >= 4 is 14.3 Å². The first-order valence-corrected chi connectivity index (χ1v) is 14.2. The molecule has 3 nitrogen and oxygen atoms in total. The van der Waals surface area contributed by atoms with Gasteiger partial charge in [-0.25, -0.2) is 0 Å². The minimum absolute atomic E-state index is 0.0796. The molecule has 0 fully saturated rings. The lowest BCUT2D eigenvalue weighted by Crippen LogP contribution is -2.25. The van der Waals surface area contributed by atoms with Gasteiger partial charge in [-0.05, 0) is 58.2 Å². The van der Waals surface area contributed by atoms with Crippen molar-refractivity contribution in [2.75, 3.05) is 13.7 Å². The highest BCUT2D eigenvalue weighted by molar-refractivity contribution is 6.69. The van der Waals surface area contributed by atoms with Gasteiger partial charge in [0, 0.05) is 13.0 Å². The standard InChI is InChI=1S/C22H44O3Si/c1-24-22(23)20-18-16-14-12-10-8-6-5-7-9-11-13-15-17-19-21-25-26(2,3)4/h5-6H,7-21H2,1-4H3. The molecule has 0 saturated heterocycles. The van der Waals surface area contributed by atoms with Crippen molar-refractivity contribution < 1.29 is 14.0 Å². The van der Waals surface area contributed by atoms with Gasteiger partial charge in [0.2, 0.25) is 0 Å². The van der Waals surface area contributed by atoms with Crippen LogP contribution in [0.1, 0.15) is 89.9 Å². The quantitative estimate of drug-likeness (QED) is 0.110. The van der Waals surface area contributed by atoms with Gasteiger partial charge in [-0.15, -0.1) is 0 Å². The maximum Gasteiger partial charge on any atom is 0.305 e. The van der Waals surface area contributed by atoms with Crippen LogP contribution in [0, 0.1) is 0 Å². The van der Waals surface area contributed by atoms with Crippen LogP contribution < -0.4 is 0 Å². The topological polar surface area (TPSA) is 35.5 Å². The largest absolute Gasteiger partial charge is 0.469 e. The van der Waals surface area contributed by atoms with Gasteiger partial charge in [0.15, 0.2) is 8.32 Å². The molecule has 0 aliphatic carbocycles. The number of esters is 1. The lowest BCUT2D eigenvalue weighted by molar-refractivity contribution is -0.140. The first kappa shape index (κ1) is 25.4. The molecule has 0 rings (SSSR count). The third-order valence-electron chi connectivity index (χ3n) is 4.45. The molecule has 0 aliphatic rings. The first-order valence-electron chi connectivity index (χ1n) is 10.8. The Morgan fingerprint density at radius 3 is 1.69 bits per heavy atom. The van der Waals surface area contributed by atoms with E-state index in [4.69, 9.17) is 4.43 Å². The van der Waals surface area contributed by atoms with Gasteiger partial charge in [0.1, 0.15) is 0 Å². The molecule has 4 heteroatoms. The molecule has 0 unspecified atom stereocenters. The summed E-state index contributed by atoms with van der Waals surface area (Å²) in [6, 6.07) is 0. The van der Waals surface area contributed by atoms with Gasteiger partial charge in [0.25, 0.3) is 0 Å². The summed E-state index contributed by atoms with van der Waals surface area (Å²) in [5.74, 6) is -0.0796. The highest BCUT2D eigenvalue weighted by Gasteiger charge is 2.12. The minimum atomic E-state index is -1.30. The molecule has 154 valence electrons. The molecule has 0 amide bonds. The molecule has 26 heavy (non-hydrogen) atoms. The predicted octanol–water partition coefficient (Wildman–Crippen LogP) is 7.03. The molecule has 0 aromatic carbocycles. The number of hydrogen-bond acceptors (Lipinski definition) is 3. The van der Waals surface area contributed by atoms with Gasteiger partial charge in [0.05, 0.1) is 7.11 Å². The van der Waals surface area contributed by atoms with Gasteiger partial charge >= 0.3 is 5.97 Å². The van der Waals surface area contributed by atoms with Crippen LogP contribution in [-0.2, 0) is 14.0 Å². The normalized spacial score (nSPS) is 12.0. The smallest absolute Gasteiger partial charge is 0.305 e. The molecule has 0 N–H and O–H groups in total. The van der Waals surface area contributed by atoms with Crippen LogP contribution in [0.2, 0.25) is 19.6 Å². The average molecular weight is 385 g/mol. The average Bonchev–Trinajstić information content (AvgIpc) is 2.59. The van der Waals surface area contributed by atoms with Gasteiger partial charge < -0.3 is 9.16 Å². The summed E-state index contributed by atoms with van der Waals surface area (Å²) < 4.78 is 10.5. The third-order valence-corrected chi connectivity index (χ3v) is 5.52. The lowest BCUT2D eigenvalue weighted by Gasteiger charge is -2.16. The van der Waals surface area contributed by atoms with Crippen LogP contribution >= 0.6 is 0 Å². The Labute approximate surface area is 164 Å². The van der Waals surface area contributed by atoms with E-state index in [0.717, 1.165) is 19.4 Å². The predicted molar refractivity (Wildman–Crippen MR) is 115 cm³/mol. The summed E-state index contributed by atoms with van der Waals surface area (Å²) in [6.07, 6.45) is 21.6. The Balaban J connectivity index is 3.16. The summed E-state index contributed by atoms with van der Waals surface area (Å²) in [4.78, 5) is 11.0. The lowest BCUT2D eigenvalue weighted by atomic mass is 10.1. The Hall–Kier alpha value is -0.613. The maximum absolute atomic E-state index is 11.0. The first-order chi connectivity index (χ1) is 12.5. The van der Waals surface area contributed by atoms with Crippen molar-refractivity contribution in [3.8, 4) is 0 Å². The number of allylic oxidation sites excluding steroid dienone is 2. The van der Waals surface area contributed by atoms with Crippen molar-refractivity contribution in [1.82, 2.24) is 0 Å². The van der Waals surface area contributed by atoms with Crippen LogP contribution in [0.25, 0.3) is 0 Å². The molecule has 0 aromatic heterocycles. The van der Waals surface area contributed by atoms with Crippen LogP contribution in [0.5, 0.6) is 0 Å². The van der Waals surface area contributed by atoms with Crippen molar-refractivity contribution in [1.29, 1.82) is 0 Å². The SMILES string of the molecule is COC(=O)CCCCCCCC=CCCCCCCCCO[Si](C)(C)C. The van der Waals surface area contributed by atoms with Crippen LogP contribution in [0.15, 0.2) is 12.2 Å². The molecule has 0 bridgehead atoms. The Morgan fingerprint density at radius 2 is 1.19 bits per heavy atom. The number of ether oxygens (including phenoxy) is 1. The number of rotatable bonds is 18. The van der Waals surface area contributed by atoms with Crippen LogP contribution in [0.4, 0.5) is 0 Å². The summed E-state index contributed by atoms with van der Waals surface area (Å²) >= 11 is 0. The van der Waals surface area contributed by atoms with E-state index in [2.05, 4.69) is 36.5 Å². The zero-order valence-corrected chi connectivity index (χ0v) is 19.0. The van der Waals surface area contributed by atoms with E-state index in [0.29, 0.717) is 6.42 Å². The van der Waals surface area contributed by atoms with E-state index in [-0.39, 0.29) is 5.97 Å². The molecular formula is C22H44O3Si. The van der Waals surface area contributed by atoms with E-state index >= 15 is 0 Å². The second-order valence-corrected chi connectivity index (χ2v) is 12.7. The van der Waals surface area contributed by atoms with Gasteiger partial charge in [-0.3, -0.25) is 4.79 Å². The third kappa shape index (κ3) is 21.4. The molecule has 0 heterocycles. The van der Waals surface area contributed by atoms with Crippen molar-refractivity contribution in [3.05, 3.63) is 12.2 Å².